The van der Waals surface area contributed by atoms with Crippen LogP contribution in [0.1, 0.15) is 69.9 Å². The molecule has 0 bridgehead atoms. The van der Waals surface area contributed by atoms with Gasteiger partial charge in [0.2, 0.25) is 6.29 Å². The number of hydrogen-bond acceptors (Lipinski definition) is 12. The normalized spacial score (nSPS) is 39.7. The minimum absolute atomic E-state index is 0.0108. The van der Waals surface area contributed by atoms with Gasteiger partial charge >= 0.3 is 0 Å². The maximum absolute atomic E-state index is 11.4. The van der Waals surface area contributed by atoms with Gasteiger partial charge in [0.25, 0.3) is 0 Å². The van der Waals surface area contributed by atoms with Gasteiger partial charge < -0.3 is 59.4 Å². The first kappa shape index (κ1) is 33.5. The second-order valence-corrected chi connectivity index (χ2v) is 12.9. The standard InChI is InChI=1S/C32H48O12/c1-4-5-6-9-16-12-19(23-17-10-7-8-11-18(17)32(2,3)44-20(23)13-16)40-31-28(39)29(25(36)22(15-34)42-31)43-30-27(38)26(37)24(35)21(14-33)41-30/h7,10,12-13,17-18,21-22,24-31,33-39H,4-6,8-9,11,14-15H2,1-3H3/t17-,18-,21-,22?,24-,25-,26+,27-,28-,29+,30+,31-/m1/s1. The number of rotatable bonds is 10. The van der Waals surface area contributed by atoms with Gasteiger partial charge in [-0.05, 0) is 57.2 Å². The van der Waals surface area contributed by atoms with E-state index in [1.165, 1.54) is 0 Å². The Morgan fingerprint density at radius 1 is 0.864 bits per heavy atom. The van der Waals surface area contributed by atoms with E-state index in [4.69, 9.17) is 23.7 Å². The van der Waals surface area contributed by atoms with Crippen LogP contribution in [0.5, 0.6) is 11.5 Å². The molecule has 1 aliphatic carbocycles. The van der Waals surface area contributed by atoms with Crippen LogP contribution < -0.4 is 9.47 Å². The monoisotopic (exact) mass is 624 g/mol. The molecule has 0 saturated carbocycles. The Labute approximate surface area is 257 Å². The van der Waals surface area contributed by atoms with E-state index in [1.54, 1.807) is 0 Å². The lowest BCUT2D eigenvalue weighted by Crippen LogP contribution is -2.65. The predicted octanol–water partition coefficient (Wildman–Crippen LogP) is 0.643. The molecule has 2 saturated heterocycles. The highest BCUT2D eigenvalue weighted by Gasteiger charge is 2.52. The lowest BCUT2D eigenvalue weighted by atomic mass is 9.69. The molecule has 12 atom stereocenters. The van der Waals surface area contributed by atoms with Gasteiger partial charge in [0.15, 0.2) is 6.29 Å². The van der Waals surface area contributed by atoms with E-state index in [0.29, 0.717) is 11.5 Å². The van der Waals surface area contributed by atoms with Gasteiger partial charge in [0, 0.05) is 17.4 Å². The van der Waals surface area contributed by atoms with Crippen molar-refractivity contribution in [3.63, 3.8) is 0 Å². The van der Waals surface area contributed by atoms with Gasteiger partial charge in [0.05, 0.1) is 13.2 Å². The average Bonchev–Trinajstić information content (AvgIpc) is 3.00. The Hall–Kier alpha value is -1.84. The van der Waals surface area contributed by atoms with Crippen molar-refractivity contribution in [2.24, 2.45) is 5.92 Å². The first-order valence-corrected chi connectivity index (χ1v) is 15.8. The van der Waals surface area contributed by atoms with E-state index in [0.717, 1.165) is 49.7 Å². The molecule has 0 amide bonds. The summed E-state index contributed by atoms with van der Waals surface area (Å²) in [5.41, 5.74) is 1.41. The van der Waals surface area contributed by atoms with Gasteiger partial charge in [-0.3, -0.25) is 0 Å². The van der Waals surface area contributed by atoms with Crippen molar-refractivity contribution in [2.75, 3.05) is 13.2 Å². The molecule has 3 aliphatic heterocycles. The molecule has 5 rings (SSSR count). The number of unbranched alkanes of at least 4 members (excludes halogenated alkanes) is 2. The number of benzene rings is 1. The van der Waals surface area contributed by atoms with Crippen molar-refractivity contribution in [1.82, 2.24) is 0 Å². The third-order valence-corrected chi connectivity index (χ3v) is 9.46. The van der Waals surface area contributed by atoms with Gasteiger partial charge in [-0.1, -0.05) is 31.9 Å². The molecule has 248 valence electrons. The molecule has 12 nitrogen and oxygen atoms in total. The fourth-order valence-electron chi connectivity index (χ4n) is 6.93. The Morgan fingerprint density at radius 2 is 1.57 bits per heavy atom. The third-order valence-electron chi connectivity index (χ3n) is 9.46. The summed E-state index contributed by atoms with van der Waals surface area (Å²) in [4.78, 5) is 0. The Kier molecular flexibility index (Phi) is 10.6. The third kappa shape index (κ3) is 6.52. The Bertz CT molecular complexity index is 1140. The second kappa shape index (κ2) is 13.9. The van der Waals surface area contributed by atoms with Crippen LogP contribution in [0.15, 0.2) is 24.3 Å². The van der Waals surface area contributed by atoms with E-state index in [1.807, 2.05) is 6.07 Å². The summed E-state index contributed by atoms with van der Waals surface area (Å²) in [7, 11) is 0. The Balaban J connectivity index is 1.46. The van der Waals surface area contributed by atoms with Crippen LogP contribution in [0, 0.1) is 5.92 Å². The van der Waals surface area contributed by atoms with E-state index >= 15 is 0 Å². The summed E-state index contributed by atoms with van der Waals surface area (Å²) in [6.45, 7) is 5.02. The number of aryl methyl sites for hydroxylation is 1. The summed E-state index contributed by atoms with van der Waals surface area (Å²) in [5.74, 6) is 1.32. The van der Waals surface area contributed by atoms with Crippen LogP contribution in [0.4, 0.5) is 0 Å². The van der Waals surface area contributed by atoms with Gasteiger partial charge in [-0.25, -0.2) is 0 Å². The molecule has 7 N–H and O–H groups in total. The van der Waals surface area contributed by atoms with Crippen molar-refractivity contribution in [2.45, 2.75) is 132 Å². The Morgan fingerprint density at radius 3 is 2.27 bits per heavy atom. The lowest BCUT2D eigenvalue weighted by Gasteiger charge is -2.47. The zero-order chi connectivity index (χ0) is 31.8. The molecular formula is C32H48O12. The lowest BCUT2D eigenvalue weighted by molar-refractivity contribution is -0.352. The number of allylic oxidation sites excluding steroid dienone is 2. The highest BCUT2D eigenvalue weighted by Crippen LogP contribution is 2.53. The zero-order valence-corrected chi connectivity index (χ0v) is 25.6. The van der Waals surface area contributed by atoms with Gasteiger partial charge in [0.1, 0.15) is 65.9 Å². The first-order valence-electron chi connectivity index (χ1n) is 15.8. The van der Waals surface area contributed by atoms with E-state index < -0.39 is 80.2 Å². The molecule has 1 aromatic rings. The average molecular weight is 625 g/mol. The largest absolute Gasteiger partial charge is 0.487 e. The predicted molar refractivity (Wildman–Crippen MR) is 156 cm³/mol. The first-order chi connectivity index (χ1) is 21.0. The number of fused-ring (bicyclic) bond motifs is 3. The smallest absolute Gasteiger partial charge is 0.229 e. The zero-order valence-electron chi connectivity index (χ0n) is 25.6. The molecule has 1 unspecified atom stereocenters. The van der Waals surface area contributed by atoms with Crippen LogP contribution >= 0.6 is 0 Å². The molecular weight excluding hydrogens is 576 g/mol. The van der Waals surface area contributed by atoms with E-state index in [-0.39, 0.29) is 11.8 Å². The molecule has 3 heterocycles. The van der Waals surface area contributed by atoms with Crippen molar-refractivity contribution in [3.05, 3.63) is 35.4 Å². The summed E-state index contributed by atoms with van der Waals surface area (Å²) in [5, 5.41) is 72.9. The van der Waals surface area contributed by atoms with Gasteiger partial charge in [-0.15, -0.1) is 0 Å². The topological polar surface area (TPSA) is 188 Å². The summed E-state index contributed by atoms with van der Waals surface area (Å²) in [6, 6.07) is 3.99. The maximum Gasteiger partial charge on any atom is 0.229 e. The van der Waals surface area contributed by atoms with E-state index in [9.17, 15) is 35.7 Å². The van der Waals surface area contributed by atoms with Crippen molar-refractivity contribution >= 4 is 0 Å². The molecule has 0 aromatic heterocycles. The summed E-state index contributed by atoms with van der Waals surface area (Å²) >= 11 is 0. The summed E-state index contributed by atoms with van der Waals surface area (Å²) < 4.78 is 30.1. The van der Waals surface area contributed by atoms with Crippen LogP contribution in [-0.2, 0) is 20.6 Å². The SMILES string of the molecule is CCCCCc1cc(O[C@@H]2OC(CO)[C@@H](O)[C@H](O[C@@H]3O[C@H](CO)[C@@H](O)[C@H](O)[C@H]3O)[C@H]2O)c2c(c1)OC(C)(C)[C@@H]1CCC=C[C@@H]21. The molecule has 44 heavy (non-hydrogen) atoms. The van der Waals surface area contributed by atoms with Crippen LogP contribution in [-0.4, -0.2) is 116 Å². The van der Waals surface area contributed by atoms with Crippen LogP contribution in [0.25, 0.3) is 0 Å². The fraction of sp³-hybridized carbons (Fsp3) is 0.750. The summed E-state index contributed by atoms with van der Waals surface area (Å²) in [6.07, 6.45) is -5.27. The fourth-order valence-corrected chi connectivity index (χ4v) is 6.93. The minimum Gasteiger partial charge on any atom is -0.487 e. The maximum atomic E-state index is 11.4. The number of aliphatic hydroxyl groups excluding tert-OH is 7. The van der Waals surface area contributed by atoms with Crippen LogP contribution in [0.3, 0.4) is 0 Å². The van der Waals surface area contributed by atoms with Crippen molar-refractivity contribution < 1.29 is 59.4 Å². The second-order valence-electron chi connectivity index (χ2n) is 12.9. The number of ether oxygens (including phenoxy) is 5. The van der Waals surface area contributed by atoms with Crippen molar-refractivity contribution in [1.29, 1.82) is 0 Å². The number of aliphatic hydroxyl groups is 7. The molecule has 12 heteroatoms. The highest BCUT2D eigenvalue weighted by molar-refractivity contribution is 5.54. The molecule has 2 fully saturated rings. The molecule has 0 spiro atoms. The molecule has 0 radical (unpaired) electrons. The van der Waals surface area contributed by atoms with E-state index in [2.05, 4.69) is 39.0 Å². The van der Waals surface area contributed by atoms with Gasteiger partial charge in [-0.2, -0.15) is 0 Å². The minimum atomic E-state index is -1.76. The van der Waals surface area contributed by atoms with Crippen molar-refractivity contribution in [3.8, 4) is 11.5 Å². The number of hydrogen-bond donors (Lipinski definition) is 7. The quantitative estimate of drug-likeness (QED) is 0.142. The molecule has 1 aromatic carbocycles. The van der Waals surface area contributed by atoms with Crippen LogP contribution in [0.2, 0.25) is 0 Å². The molecule has 4 aliphatic rings. The highest BCUT2D eigenvalue weighted by atomic mass is 16.7.